The molecule has 3 rings (SSSR count). The summed E-state index contributed by atoms with van der Waals surface area (Å²) in [6, 6.07) is 4.43. The zero-order chi connectivity index (χ0) is 17.8. The maximum Gasteiger partial charge on any atom is 0.161 e. The summed E-state index contributed by atoms with van der Waals surface area (Å²) in [4.78, 5) is 8.27. The van der Waals surface area contributed by atoms with Crippen LogP contribution < -0.4 is 14.8 Å². The van der Waals surface area contributed by atoms with Gasteiger partial charge in [0.15, 0.2) is 11.5 Å². The fraction of sp³-hybridized carbons (Fsp3) is 0.500. The van der Waals surface area contributed by atoms with Crippen LogP contribution in [0.2, 0.25) is 0 Å². The normalized spacial score (nSPS) is 18.3. The molecule has 0 aliphatic carbocycles. The molecule has 25 heavy (non-hydrogen) atoms. The molecular weight excluding hydrogens is 336 g/mol. The molecule has 1 saturated heterocycles. The Morgan fingerprint density at radius 2 is 2.04 bits per heavy atom. The Morgan fingerprint density at radius 3 is 2.68 bits per heavy atom. The molecule has 1 unspecified atom stereocenters. The van der Waals surface area contributed by atoms with Crippen LogP contribution in [-0.2, 0) is 13.6 Å². The van der Waals surface area contributed by atoms with Crippen molar-refractivity contribution < 1.29 is 9.47 Å². The number of aryl methyl sites for hydroxylation is 1. The summed E-state index contributed by atoms with van der Waals surface area (Å²) in [6.07, 6.45) is 5.97. The van der Waals surface area contributed by atoms with Gasteiger partial charge in [-0.25, -0.2) is 4.98 Å². The summed E-state index contributed by atoms with van der Waals surface area (Å²) in [6.45, 7) is 3.74. The Kier molecular flexibility index (Phi) is 5.88. The van der Waals surface area contributed by atoms with Crippen molar-refractivity contribution in [3.63, 3.8) is 0 Å². The van der Waals surface area contributed by atoms with Gasteiger partial charge in [0, 0.05) is 50.5 Å². The zero-order valence-corrected chi connectivity index (χ0v) is 16.1. The predicted molar refractivity (Wildman–Crippen MR) is 101 cm³/mol. The number of thioether (sulfide) groups is 1. The Morgan fingerprint density at radius 1 is 1.28 bits per heavy atom. The van der Waals surface area contributed by atoms with Crippen molar-refractivity contribution in [3.8, 4) is 11.5 Å². The molecule has 0 amide bonds. The van der Waals surface area contributed by atoms with Gasteiger partial charge in [0.05, 0.1) is 20.3 Å². The van der Waals surface area contributed by atoms with Gasteiger partial charge in [-0.05, 0) is 24.0 Å². The second-order valence-electron chi connectivity index (χ2n) is 6.11. The molecule has 1 aliphatic heterocycles. The van der Waals surface area contributed by atoms with Crippen molar-refractivity contribution in [3.05, 3.63) is 35.9 Å². The molecule has 1 aliphatic rings. The fourth-order valence-corrected chi connectivity index (χ4v) is 3.93. The Balaban J connectivity index is 1.90. The van der Waals surface area contributed by atoms with E-state index in [2.05, 4.69) is 45.2 Å². The van der Waals surface area contributed by atoms with Crippen molar-refractivity contribution in [2.24, 2.45) is 7.05 Å². The Labute approximate surface area is 153 Å². The summed E-state index contributed by atoms with van der Waals surface area (Å²) in [5.74, 6) is 2.65. The first-order valence-electron chi connectivity index (χ1n) is 8.38. The van der Waals surface area contributed by atoms with E-state index in [0.717, 1.165) is 43.5 Å². The second-order valence-corrected chi connectivity index (χ2v) is 6.95. The largest absolute Gasteiger partial charge is 0.493 e. The van der Waals surface area contributed by atoms with Gasteiger partial charge < -0.3 is 19.4 Å². The van der Waals surface area contributed by atoms with E-state index in [0.29, 0.717) is 0 Å². The van der Waals surface area contributed by atoms with Crippen LogP contribution in [0.25, 0.3) is 0 Å². The van der Waals surface area contributed by atoms with E-state index in [9.17, 15) is 0 Å². The Hall–Kier alpha value is -1.70. The molecule has 6 nitrogen and oxygen atoms in total. The van der Waals surface area contributed by atoms with E-state index in [1.165, 1.54) is 10.5 Å². The number of nitrogens with one attached hydrogen (secondary N) is 1. The van der Waals surface area contributed by atoms with Gasteiger partial charge in [0.2, 0.25) is 0 Å². The third-order valence-electron chi connectivity index (χ3n) is 4.67. The van der Waals surface area contributed by atoms with Crippen molar-refractivity contribution in [1.82, 2.24) is 19.8 Å². The highest BCUT2D eigenvalue weighted by Crippen LogP contribution is 2.36. The van der Waals surface area contributed by atoms with Crippen LogP contribution in [0.3, 0.4) is 0 Å². The minimum absolute atomic E-state index is 0.261. The fourth-order valence-electron chi connectivity index (χ4n) is 3.32. The number of rotatable bonds is 6. The van der Waals surface area contributed by atoms with Crippen LogP contribution in [0.5, 0.6) is 11.5 Å². The quantitative estimate of drug-likeness (QED) is 0.796. The topological polar surface area (TPSA) is 51.5 Å². The van der Waals surface area contributed by atoms with E-state index in [-0.39, 0.29) is 6.04 Å². The third-order valence-corrected chi connectivity index (χ3v) is 5.49. The molecule has 0 saturated carbocycles. The standard InChI is InChI=1S/C18H26N4O2S/c1-21-7-6-20-18(21)14-11-19-5-8-22(14)12-13-9-15(23-2)16(24-3)10-17(13)25-4/h6-7,9-10,14,19H,5,8,11-12H2,1-4H3. The number of benzene rings is 1. The van der Waals surface area contributed by atoms with Crippen LogP contribution in [0, 0.1) is 0 Å². The van der Waals surface area contributed by atoms with Crippen LogP contribution in [0.4, 0.5) is 0 Å². The molecule has 1 aromatic heterocycles. The van der Waals surface area contributed by atoms with E-state index in [4.69, 9.17) is 9.47 Å². The number of hydrogen-bond donors (Lipinski definition) is 1. The van der Waals surface area contributed by atoms with Gasteiger partial charge in [-0.15, -0.1) is 11.8 Å². The lowest BCUT2D eigenvalue weighted by atomic mass is 10.1. The first kappa shape index (κ1) is 18.1. The molecule has 0 spiro atoms. The van der Waals surface area contributed by atoms with E-state index in [1.807, 2.05) is 12.4 Å². The highest BCUT2D eigenvalue weighted by atomic mass is 32.2. The average molecular weight is 362 g/mol. The molecule has 2 heterocycles. The molecule has 136 valence electrons. The molecule has 0 radical (unpaired) electrons. The highest BCUT2D eigenvalue weighted by molar-refractivity contribution is 7.98. The first-order valence-corrected chi connectivity index (χ1v) is 9.61. The summed E-state index contributed by atoms with van der Waals surface area (Å²) in [5, 5.41) is 3.49. The van der Waals surface area contributed by atoms with Gasteiger partial charge in [0.25, 0.3) is 0 Å². The molecule has 1 aromatic carbocycles. The van der Waals surface area contributed by atoms with E-state index in [1.54, 1.807) is 26.0 Å². The predicted octanol–water partition coefficient (Wildman–Crippen LogP) is 2.31. The van der Waals surface area contributed by atoms with Gasteiger partial charge in [0.1, 0.15) is 5.82 Å². The van der Waals surface area contributed by atoms with Crippen LogP contribution in [0.15, 0.2) is 29.4 Å². The van der Waals surface area contributed by atoms with Gasteiger partial charge >= 0.3 is 0 Å². The van der Waals surface area contributed by atoms with Gasteiger partial charge in [-0.3, -0.25) is 4.90 Å². The maximum absolute atomic E-state index is 5.50. The van der Waals surface area contributed by atoms with Crippen LogP contribution in [0.1, 0.15) is 17.4 Å². The molecule has 1 fully saturated rings. The highest BCUT2D eigenvalue weighted by Gasteiger charge is 2.27. The number of methoxy groups -OCH3 is 2. The molecule has 2 aromatic rings. The minimum Gasteiger partial charge on any atom is -0.493 e. The number of nitrogens with zero attached hydrogens (tertiary/aromatic N) is 3. The summed E-state index contributed by atoms with van der Waals surface area (Å²) >= 11 is 1.74. The number of piperazine rings is 1. The summed E-state index contributed by atoms with van der Waals surface area (Å²) < 4.78 is 13.1. The Bertz CT molecular complexity index is 719. The number of aromatic nitrogens is 2. The molecule has 1 N–H and O–H groups in total. The maximum atomic E-state index is 5.50. The zero-order valence-electron chi connectivity index (χ0n) is 15.3. The van der Waals surface area contributed by atoms with E-state index < -0.39 is 0 Å². The summed E-state index contributed by atoms with van der Waals surface area (Å²) in [7, 11) is 5.41. The lowest BCUT2D eigenvalue weighted by Crippen LogP contribution is -2.46. The molecule has 1 atom stereocenters. The smallest absolute Gasteiger partial charge is 0.161 e. The lowest BCUT2D eigenvalue weighted by molar-refractivity contribution is 0.143. The SMILES string of the molecule is COc1cc(CN2CCNCC2c2nccn2C)c(SC)cc1OC. The summed E-state index contributed by atoms with van der Waals surface area (Å²) in [5.41, 5.74) is 1.26. The van der Waals surface area contributed by atoms with Crippen molar-refractivity contribution >= 4 is 11.8 Å². The molecule has 0 bridgehead atoms. The third kappa shape index (κ3) is 3.78. The van der Waals surface area contributed by atoms with Crippen molar-refractivity contribution in [1.29, 1.82) is 0 Å². The van der Waals surface area contributed by atoms with Crippen molar-refractivity contribution in [2.45, 2.75) is 17.5 Å². The average Bonchev–Trinajstić information content (AvgIpc) is 3.07. The number of imidazole rings is 1. The molecular formula is C18H26N4O2S. The molecule has 7 heteroatoms. The van der Waals surface area contributed by atoms with Crippen LogP contribution in [-0.4, -0.2) is 54.6 Å². The number of hydrogen-bond acceptors (Lipinski definition) is 6. The number of ether oxygens (including phenoxy) is 2. The lowest BCUT2D eigenvalue weighted by Gasteiger charge is -2.36. The van der Waals surface area contributed by atoms with Gasteiger partial charge in [-0.1, -0.05) is 0 Å². The monoisotopic (exact) mass is 362 g/mol. The van der Waals surface area contributed by atoms with E-state index >= 15 is 0 Å². The minimum atomic E-state index is 0.261. The first-order chi connectivity index (χ1) is 12.2. The second kappa shape index (κ2) is 8.12. The van der Waals surface area contributed by atoms with Crippen molar-refractivity contribution in [2.75, 3.05) is 40.1 Å². The van der Waals surface area contributed by atoms with Gasteiger partial charge in [-0.2, -0.15) is 0 Å². The van der Waals surface area contributed by atoms with Crippen LogP contribution >= 0.6 is 11.8 Å².